The fourth-order valence-electron chi connectivity index (χ4n) is 1.11. The van der Waals surface area contributed by atoms with E-state index in [4.69, 9.17) is 5.26 Å². The minimum Gasteiger partial charge on any atom is -0.293 e. The van der Waals surface area contributed by atoms with Gasteiger partial charge in [-0.2, -0.15) is 5.26 Å². The van der Waals surface area contributed by atoms with Crippen LogP contribution in [0.15, 0.2) is 18.2 Å². The monoisotopic (exact) mass is 222 g/mol. The van der Waals surface area contributed by atoms with E-state index in [1.807, 2.05) is 0 Å². The van der Waals surface area contributed by atoms with Gasteiger partial charge in [0.25, 0.3) is 5.69 Å². The molecule has 0 N–H and O–H groups in total. The van der Waals surface area contributed by atoms with Crippen molar-refractivity contribution in [3.8, 4) is 6.07 Å². The molecule has 16 heavy (non-hydrogen) atoms. The van der Waals surface area contributed by atoms with Gasteiger partial charge >= 0.3 is 0 Å². The molecule has 0 aliphatic heterocycles. The van der Waals surface area contributed by atoms with Gasteiger partial charge in [-0.25, -0.2) is 4.39 Å². The van der Waals surface area contributed by atoms with Crippen molar-refractivity contribution < 1.29 is 14.1 Å². The lowest BCUT2D eigenvalue weighted by atomic mass is 10.00. The molecule has 0 amide bonds. The van der Waals surface area contributed by atoms with Gasteiger partial charge in [0.1, 0.15) is 11.7 Å². The molecule has 0 aliphatic rings. The van der Waals surface area contributed by atoms with E-state index in [0.717, 1.165) is 12.1 Å². The van der Waals surface area contributed by atoms with Gasteiger partial charge in [-0.15, -0.1) is 0 Å². The molecule has 0 radical (unpaired) electrons. The standard InChI is InChI=1S/C10H7FN2O3/c1-6(5-12)10(14)8-3-2-7(13(15)16)4-9(8)11/h2-4,6H,1H3. The zero-order chi connectivity index (χ0) is 12.3. The number of benzene rings is 1. The summed E-state index contributed by atoms with van der Waals surface area (Å²) in [5, 5.41) is 18.8. The predicted molar refractivity (Wildman–Crippen MR) is 52.2 cm³/mol. The highest BCUT2D eigenvalue weighted by Gasteiger charge is 2.20. The van der Waals surface area contributed by atoms with Crippen LogP contribution in [0.3, 0.4) is 0 Å². The molecule has 0 saturated heterocycles. The first-order valence-electron chi connectivity index (χ1n) is 4.35. The molecule has 1 aromatic carbocycles. The Morgan fingerprint density at radius 2 is 2.25 bits per heavy atom. The zero-order valence-electron chi connectivity index (χ0n) is 8.31. The van der Waals surface area contributed by atoms with Gasteiger partial charge in [0, 0.05) is 6.07 Å². The van der Waals surface area contributed by atoms with E-state index in [-0.39, 0.29) is 5.56 Å². The number of carbonyl (C=O) groups excluding carboxylic acids is 1. The summed E-state index contributed by atoms with van der Waals surface area (Å²) in [6.07, 6.45) is 0. The number of nitrogens with zero attached hydrogens (tertiary/aromatic N) is 2. The molecule has 0 heterocycles. The second-order valence-electron chi connectivity index (χ2n) is 3.14. The normalized spacial score (nSPS) is 11.6. The van der Waals surface area contributed by atoms with Gasteiger partial charge in [-0.3, -0.25) is 14.9 Å². The van der Waals surface area contributed by atoms with Crippen molar-refractivity contribution in [3.05, 3.63) is 39.7 Å². The Morgan fingerprint density at radius 3 is 2.69 bits per heavy atom. The highest BCUT2D eigenvalue weighted by atomic mass is 19.1. The van der Waals surface area contributed by atoms with Crippen LogP contribution in [0.4, 0.5) is 10.1 Å². The second-order valence-corrected chi connectivity index (χ2v) is 3.14. The molecule has 6 heteroatoms. The quantitative estimate of drug-likeness (QED) is 0.445. The van der Waals surface area contributed by atoms with Gasteiger partial charge in [0.05, 0.1) is 22.6 Å². The highest BCUT2D eigenvalue weighted by molar-refractivity contribution is 5.99. The van der Waals surface area contributed by atoms with Crippen molar-refractivity contribution >= 4 is 11.5 Å². The maximum atomic E-state index is 13.3. The number of hydrogen-bond acceptors (Lipinski definition) is 4. The molecule has 1 rings (SSSR count). The number of non-ortho nitro benzene ring substituents is 1. The van der Waals surface area contributed by atoms with Gasteiger partial charge in [0.15, 0.2) is 5.78 Å². The van der Waals surface area contributed by atoms with E-state index in [9.17, 15) is 19.3 Å². The predicted octanol–water partition coefficient (Wildman–Crippen LogP) is 2.08. The smallest absolute Gasteiger partial charge is 0.272 e. The Kier molecular flexibility index (Phi) is 3.30. The first kappa shape index (κ1) is 11.8. The summed E-state index contributed by atoms with van der Waals surface area (Å²) in [5.41, 5.74) is -0.738. The number of halogens is 1. The molecule has 0 bridgehead atoms. The molecular weight excluding hydrogens is 215 g/mol. The van der Waals surface area contributed by atoms with Gasteiger partial charge in [-0.05, 0) is 13.0 Å². The van der Waals surface area contributed by atoms with E-state index >= 15 is 0 Å². The molecule has 0 fully saturated rings. The first-order chi connectivity index (χ1) is 7.47. The van der Waals surface area contributed by atoms with Crippen LogP contribution in [-0.4, -0.2) is 10.7 Å². The lowest BCUT2D eigenvalue weighted by Gasteiger charge is -2.03. The number of hydrogen-bond donors (Lipinski definition) is 0. The Morgan fingerprint density at radius 1 is 1.62 bits per heavy atom. The number of rotatable bonds is 3. The van der Waals surface area contributed by atoms with Crippen LogP contribution in [0, 0.1) is 33.2 Å². The molecule has 1 aromatic rings. The Balaban J connectivity index is 3.14. The van der Waals surface area contributed by atoms with Crippen molar-refractivity contribution in [2.24, 2.45) is 5.92 Å². The molecule has 5 nitrogen and oxygen atoms in total. The Bertz CT molecular complexity index is 493. The van der Waals surface area contributed by atoms with Crippen LogP contribution in [-0.2, 0) is 0 Å². The summed E-state index contributed by atoms with van der Waals surface area (Å²) in [7, 11) is 0. The summed E-state index contributed by atoms with van der Waals surface area (Å²) in [4.78, 5) is 21.0. The van der Waals surface area contributed by atoms with Crippen molar-refractivity contribution in [3.63, 3.8) is 0 Å². The summed E-state index contributed by atoms with van der Waals surface area (Å²) in [5.74, 6) is -2.65. The Labute approximate surface area is 90.3 Å². The molecule has 1 atom stereocenters. The van der Waals surface area contributed by atoms with Crippen LogP contribution < -0.4 is 0 Å². The third-order valence-corrected chi connectivity index (χ3v) is 2.02. The number of ketones is 1. The van der Waals surface area contributed by atoms with E-state index in [1.54, 1.807) is 6.07 Å². The molecule has 0 aromatic heterocycles. The van der Waals surface area contributed by atoms with Gasteiger partial charge < -0.3 is 0 Å². The zero-order valence-corrected chi connectivity index (χ0v) is 8.31. The van der Waals surface area contributed by atoms with Crippen LogP contribution in [0.1, 0.15) is 17.3 Å². The maximum Gasteiger partial charge on any atom is 0.272 e. The van der Waals surface area contributed by atoms with Gasteiger partial charge in [-0.1, -0.05) is 0 Å². The fraction of sp³-hybridized carbons (Fsp3) is 0.200. The summed E-state index contributed by atoms with van der Waals surface area (Å²) >= 11 is 0. The number of nitro groups is 1. The van der Waals surface area contributed by atoms with Crippen LogP contribution in [0.2, 0.25) is 0 Å². The minimum atomic E-state index is -0.985. The number of nitro benzene ring substituents is 1. The maximum absolute atomic E-state index is 13.3. The van der Waals surface area contributed by atoms with Crippen molar-refractivity contribution in [2.45, 2.75) is 6.92 Å². The topological polar surface area (TPSA) is 84.0 Å². The van der Waals surface area contributed by atoms with E-state index < -0.39 is 28.1 Å². The highest BCUT2D eigenvalue weighted by Crippen LogP contribution is 2.19. The number of nitriles is 1. The van der Waals surface area contributed by atoms with Crippen LogP contribution >= 0.6 is 0 Å². The van der Waals surface area contributed by atoms with E-state index in [0.29, 0.717) is 6.07 Å². The molecule has 82 valence electrons. The summed E-state index contributed by atoms with van der Waals surface area (Å²) in [6, 6.07) is 4.39. The molecular formula is C10H7FN2O3. The van der Waals surface area contributed by atoms with E-state index in [2.05, 4.69) is 0 Å². The molecule has 0 aliphatic carbocycles. The van der Waals surface area contributed by atoms with Crippen LogP contribution in [0.25, 0.3) is 0 Å². The molecule has 1 unspecified atom stereocenters. The third kappa shape index (κ3) is 2.20. The minimum absolute atomic E-state index is 0.306. The van der Waals surface area contributed by atoms with Crippen LogP contribution in [0.5, 0.6) is 0 Å². The average molecular weight is 222 g/mol. The van der Waals surface area contributed by atoms with Crippen molar-refractivity contribution in [1.82, 2.24) is 0 Å². The third-order valence-electron chi connectivity index (χ3n) is 2.02. The summed E-state index contributed by atoms with van der Waals surface area (Å²) < 4.78 is 13.3. The van der Waals surface area contributed by atoms with Crippen molar-refractivity contribution in [1.29, 1.82) is 5.26 Å². The average Bonchev–Trinajstić information content (AvgIpc) is 2.26. The number of carbonyl (C=O) groups is 1. The lowest BCUT2D eigenvalue weighted by Crippen LogP contribution is -2.11. The second kappa shape index (κ2) is 4.49. The Hall–Kier alpha value is -2.29. The van der Waals surface area contributed by atoms with Gasteiger partial charge in [0.2, 0.25) is 0 Å². The van der Waals surface area contributed by atoms with Crippen molar-refractivity contribution in [2.75, 3.05) is 0 Å². The fourth-order valence-corrected chi connectivity index (χ4v) is 1.11. The molecule has 0 saturated carbocycles. The summed E-state index contributed by atoms with van der Waals surface area (Å²) in [6.45, 7) is 1.34. The SMILES string of the molecule is CC(C#N)C(=O)c1ccc([N+](=O)[O-])cc1F. The number of Topliss-reactive ketones (excluding diaryl/α,β-unsaturated/α-hetero) is 1. The first-order valence-corrected chi connectivity index (χ1v) is 4.35. The molecule has 0 spiro atoms. The lowest BCUT2D eigenvalue weighted by molar-refractivity contribution is -0.385. The largest absolute Gasteiger partial charge is 0.293 e. The van der Waals surface area contributed by atoms with E-state index in [1.165, 1.54) is 6.92 Å².